The van der Waals surface area contributed by atoms with E-state index in [9.17, 15) is 4.79 Å². The lowest BCUT2D eigenvalue weighted by molar-refractivity contribution is -1.02. The lowest BCUT2D eigenvalue weighted by Crippen LogP contribution is -3.27. The van der Waals surface area contributed by atoms with Crippen molar-refractivity contribution < 1.29 is 9.80 Å². The van der Waals surface area contributed by atoms with Crippen molar-refractivity contribution >= 4 is 27.6 Å². The van der Waals surface area contributed by atoms with Crippen LogP contribution in [0.15, 0.2) is 41.2 Å². The SMILES string of the molecule is CCc1c(C)sc2nc(C[NH+]3CC[NH+](C/C=C/c4ccccc4)CC3)[nH]c(=O)c12. The minimum atomic E-state index is 0.0286. The van der Waals surface area contributed by atoms with E-state index in [1.165, 1.54) is 15.3 Å². The lowest BCUT2D eigenvalue weighted by Gasteiger charge is -2.28. The predicted molar refractivity (Wildman–Crippen MR) is 120 cm³/mol. The van der Waals surface area contributed by atoms with Crippen LogP contribution in [0.2, 0.25) is 0 Å². The van der Waals surface area contributed by atoms with Crippen LogP contribution in [0.5, 0.6) is 0 Å². The number of aromatic nitrogens is 2. The molecule has 0 spiro atoms. The Morgan fingerprint density at radius 3 is 2.59 bits per heavy atom. The maximum atomic E-state index is 12.6. The highest BCUT2D eigenvalue weighted by Crippen LogP contribution is 2.26. The van der Waals surface area contributed by atoms with Gasteiger partial charge in [0, 0.05) is 4.88 Å². The van der Waals surface area contributed by atoms with Crippen molar-refractivity contribution in [2.24, 2.45) is 0 Å². The smallest absolute Gasteiger partial charge is 0.260 e. The van der Waals surface area contributed by atoms with Gasteiger partial charge in [0.2, 0.25) is 0 Å². The highest BCUT2D eigenvalue weighted by atomic mass is 32.1. The van der Waals surface area contributed by atoms with Crippen LogP contribution < -0.4 is 15.4 Å². The molecule has 4 rings (SSSR count). The van der Waals surface area contributed by atoms with Gasteiger partial charge < -0.3 is 14.8 Å². The minimum absolute atomic E-state index is 0.0286. The quantitative estimate of drug-likeness (QED) is 0.564. The Hall–Kier alpha value is -2.28. The second-order valence-electron chi connectivity index (χ2n) is 7.88. The summed E-state index contributed by atoms with van der Waals surface area (Å²) in [6.45, 7) is 10.6. The number of thiophene rings is 1. The van der Waals surface area contributed by atoms with E-state index in [2.05, 4.69) is 55.2 Å². The minimum Gasteiger partial charge on any atom is -0.322 e. The number of hydrogen-bond donors (Lipinski definition) is 3. The Bertz CT molecular complexity index is 1050. The molecule has 1 aromatic carbocycles. The number of fused-ring (bicyclic) bond motifs is 1. The molecule has 1 aliphatic rings. The van der Waals surface area contributed by atoms with E-state index in [-0.39, 0.29) is 5.56 Å². The van der Waals surface area contributed by atoms with Gasteiger partial charge in [-0.2, -0.15) is 0 Å². The van der Waals surface area contributed by atoms with Crippen LogP contribution in [0.3, 0.4) is 0 Å². The Labute approximate surface area is 175 Å². The molecule has 29 heavy (non-hydrogen) atoms. The Kier molecular flexibility index (Phi) is 6.23. The number of benzene rings is 1. The zero-order valence-corrected chi connectivity index (χ0v) is 18.1. The average molecular weight is 411 g/mol. The molecule has 1 saturated heterocycles. The monoisotopic (exact) mass is 410 g/mol. The fourth-order valence-electron chi connectivity index (χ4n) is 4.23. The molecule has 0 saturated carbocycles. The Balaban J connectivity index is 1.34. The molecule has 0 unspecified atom stereocenters. The number of H-pyrrole nitrogens is 1. The topological polar surface area (TPSA) is 54.6 Å². The van der Waals surface area contributed by atoms with Crippen molar-refractivity contribution in [3.63, 3.8) is 0 Å². The average Bonchev–Trinajstić information content (AvgIpc) is 3.05. The highest BCUT2D eigenvalue weighted by Gasteiger charge is 2.23. The predicted octanol–water partition coefficient (Wildman–Crippen LogP) is 0.852. The van der Waals surface area contributed by atoms with Crippen molar-refractivity contribution in [3.05, 3.63) is 68.6 Å². The van der Waals surface area contributed by atoms with Gasteiger partial charge in [0.05, 0.1) is 11.9 Å². The van der Waals surface area contributed by atoms with Gasteiger partial charge in [-0.15, -0.1) is 11.3 Å². The molecule has 3 heterocycles. The summed E-state index contributed by atoms with van der Waals surface area (Å²) in [5.41, 5.74) is 2.44. The molecule has 3 N–H and O–H groups in total. The number of aromatic amines is 1. The van der Waals surface area contributed by atoms with Crippen molar-refractivity contribution in [1.82, 2.24) is 9.97 Å². The summed E-state index contributed by atoms with van der Waals surface area (Å²) in [5, 5.41) is 0.799. The molecular weight excluding hydrogens is 380 g/mol. The molecule has 6 heteroatoms. The summed E-state index contributed by atoms with van der Waals surface area (Å²) < 4.78 is 0. The molecule has 0 radical (unpaired) electrons. The number of hydrogen-bond acceptors (Lipinski definition) is 3. The normalized spacial score (nSPS) is 19.9. The van der Waals surface area contributed by atoms with Gasteiger partial charge >= 0.3 is 0 Å². The molecule has 5 nitrogen and oxygen atoms in total. The van der Waals surface area contributed by atoms with Crippen molar-refractivity contribution in [3.8, 4) is 0 Å². The third kappa shape index (κ3) is 4.66. The number of nitrogens with zero attached hydrogens (tertiary/aromatic N) is 1. The van der Waals surface area contributed by atoms with E-state index in [4.69, 9.17) is 4.98 Å². The Morgan fingerprint density at radius 2 is 1.86 bits per heavy atom. The van der Waals surface area contributed by atoms with Crippen molar-refractivity contribution in [1.29, 1.82) is 0 Å². The van der Waals surface area contributed by atoms with E-state index in [0.29, 0.717) is 0 Å². The largest absolute Gasteiger partial charge is 0.322 e. The first-order valence-corrected chi connectivity index (χ1v) is 11.4. The van der Waals surface area contributed by atoms with E-state index in [0.717, 1.165) is 67.3 Å². The van der Waals surface area contributed by atoms with Crippen LogP contribution in [0.25, 0.3) is 16.3 Å². The first-order chi connectivity index (χ1) is 14.1. The second-order valence-corrected chi connectivity index (χ2v) is 9.08. The van der Waals surface area contributed by atoms with Gasteiger partial charge in [-0.25, -0.2) is 4.98 Å². The molecule has 1 fully saturated rings. The first-order valence-electron chi connectivity index (χ1n) is 10.5. The summed E-state index contributed by atoms with van der Waals surface area (Å²) in [5.74, 6) is 0.828. The van der Waals surface area contributed by atoms with E-state index in [1.807, 2.05) is 6.07 Å². The van der Waals surface area contributed by atoms with Crippen LogP contribution in [0.4, 0.5) is 0 Å². The lowest BCUT2D eigenvalue weighted by atomic mass is 10.1. The van der Waals surface area contributed by atoms with Crippen LogP contribution in [-0.4, -0.2) is 42.7 Å². The zero-order valence-electron chi connectivity index (χ0n) is 17.3. The molecule has 152 valence electrons. The summed E-state index contributed by atoms with van der Waals surface area (Å²) in [4.78, 5) is 25.7. The molecule has 0 amide bonds. The number of rotatable bonds is 6. The molecule has 0 atom stereocenters. The van der Waals surface area contributed by atoms with Gasteiger partial charge in [-0.1, -0.05) is 43.3 Å². The first kappa shape index (κ1) is 20.0. The maximum Gasteiger partial charge on any atom is 0.260 e. The summed E-state index contributed by atoms with van der Waals surface area (Å²) in [7, 11) is 0. The maximum absolute atomic E-state index is 12.6. The van der Waals surface area contributed by atoms with Gasteiger partial charge in [-0.3, -0.25) is 4.79 Å². The number of piperazine rings is 1. The van der Waals surface area contributed by atoms with Crippen LogP contribution in [-0.2, 0) is 13.0 Å². The number of nitrogens with one attached hydrogen (secondary N) is 3. The van der Waals surface area contributed by atoms with Crippen LogP contribution in [0, 0.1) is 6.92 Å². The highest BCUT2D eigenvalue weighted by molar-refractivity contribution is 7.18. The van der Waals surface area contributed by atoms with Gasteiger partial charge in [0.15, 0.2) is 5.82 Å². The van der Waals surface area contributed by atoms with Crippen LogP contribution >= 0.6 is 11.3 Å². The van der Waals surface area contributed by atoms with E-state index < -0.39 is 0 Å². The van der Waals surface area contributed by atoms with E-state index >= 15 is 0 Å². The summed E-state index contributed by atoms with van der Waals surface area (Å²) in [6, 6.07) is 10.5. The van der Waals surface area contributed by atoms with E-state index in [1.54, 1.807) is 16.2 Å². The molecule has 1 aliphatic heterocycles. The molecular formula is C23H30N4OS+2. The standard InChI is InChI=1S/C23H28N4OS/c1-3-19-17(2)29-23-21(19)22(28)24-20(25-23)16-27-14-12-26(13-15-27)11-7-10-18-8-5-4-6-9-18/h4-10H,3,11-16H2,1-2H3,(H,24,25,28)/p+2/b10-7+. The van der Waals surface area contributed by atoms with Gasteiger partial charge in [0.25, 0.3) is 5.56 Å². The van der Waals surface area contributed by atoms with Crippen molar-refractivity contribution in [2.45, 2.75) is 26.8 Å². The van der Waals surface area contributed by atoms with Gasteiger partial charge in [-0.05, 0) is 30.5 Å². The molecule has 3 aromatic rings. The zero-order chi connectivity index (χ0) is 20.2. The molecule has 0 bridgehead atoms. The van der Waals surface area contributed by atoms with Crippen molar-refractivity contribution in [2.75, 3.05) is 32.7 Å². The number of quaternary nitrogens is 2. The van der Waals surface area contributed by atoms with Crippen LogP contribution in [0.1, 0.15) is 28.8 Å². The third-order valence-electron chi connectivity index (χ3n) is 5.86. The summed E-state index contributed by atoms with van der Waals surface area (Å²) >= 11 is 1.65. The number of aryl methyl sites for hydroxylation is 2. The second kappa shape index (κ2) is 9.03. The Morgan fingerprint density at radius 1 is 1.14 bits per heavy atom. The summed E-state index contributed by atoms with van der Waals surface area (Å²) in [6.07, 6.45) is 5.38. The van der Waals surface area contributed by atoms with Gasteiger partial charge in [0.1, 0.15) is 37.6 Å². The fraction of sp³-hybridized carbons (Fsp3) is 0.391. The molecule has 2 aromatic heterocycles. The molecule has 0 aliphatic carbocycles. The fourth-order valence-corrected chi connectivity index (χ4v) is 5.36. The third-order valence-corrected chi connectivity index (χ3v) is 6.90.